The van der Waals surface area contributed by atoms with Crippen LogP contribution in [0.3, 0.4) is 0 Å². The average Bonchev–Trinajstić information content (AvgIpc) is 2.71. The Morgan fingerprint density at radius 1 is 1.11 bits per heavy atom. The number of aliphatic carboxylic acids is 1. The molecule has 7 heteroatoms. The monoisotopic (exact) mass is 383 g/mol. The molecule has 0 heterocycles. The van der Waals surface area contributed by atoms with Crippen molar-refractivity contribution in [1.29, 1.82) is 0 Å². The second-order valence-electron chi connectivity index (χ2n) is 6.16. The van der Waals surface area contributed by atoms with E-state index >= 15 is 0 Å². The Balaban J connectivity index is 1.83. The second kappa shape index (κ2) is 10.7. The van der Waals surface area contributed by atoms with Crippen molar-refractivity contribution in [2.75, 3.05) is 13.2 Å². The maximum Gasteiger partial charge on any atom is 0.277 e. The van der Waals surface area contributed by atoms with E-state index in [4.69, 9.17) is 9.47 Å². The van der Waals surface area contributed by atoms with Gasteiger partial charge in [-0.2, -0.15) is 5.10 Å². The van der Waals surface area contributed by atoms with Crippen LogP contribution in [0.15, 0.2) is 53.6 Å². The molecule has 2 aromatic rings. The summed E-state index contributed by atoms with van der Waals surface area (Å²) in [5, 5.41) is 14.3. The number of carboxylic acids is 1. The molecule has 2 aromatic carbocycles. The number of nitrogens with zero attached hydrogens (tertiary/aromatic N) is 1. The number of carbonyl (C=O) groups is 2. The zero-order valence-electron chi connectivity index (χ0n) is 15.9. The molecule has 1 N–H and O–H groups in total. The number of ether oxygens (including phenoxy) is 2. The van der Waals surface area contributed by atoms with E-state index in [1.165, 1.54) is 11.8 Å². The summed E-state index contributed by atoms with van der Waals surface area (Å²) in [5.41, 5.74) is 4.10. The van der Waals surface area contributed by atoms with Crippen molar-refractivity contribution in [2.45, 2.75) is 26.2 Å². The quantitative estimate of drug-likeness (QED) is 0.499. The van der Waals surface area contributed by atoms with Crippen LogP contribution in [0.4, 0.5) is 0 Å². The topological polar surface area (TPSA) is 100 Å². The summed E-state index contributed by atoms with van der Waals surface area (Å²) in [4.78, 5) is 22.4. The van der Waals surface area contributed by atoms with Crippen molar-refractivity contribution in [2.24, 2.45) is 5.10 Å². The molecular formula is C21H23N2O5-. The predicted octanol–water partition coefficient (Wildman–Crippen LogP) is 1.86. The summed E-state index contributed by atoms with van der Waals surface area (Å²) in [7, 11) is 0. The van der Waals surface area contributed by atoms with Crippen LogP contribution in [-0.4, -0.2) is 31.3 Å². The van der Waals surface area contributed by atoms with Gasteiger partial charge in [-0.15, -0.1) is 0 Å². The van der Waals surface area contributed by atoms with Crippen molar-refractivity contribution in [3.8, 4) is 11.5 Å². The summed E-state index contributed by atoms with van der Waals surface area (Å²) in [6.45, 7) is 3.54. The van der Waals surface area contributed by atoms with Gasteiger partial charge >= 0.3 is 0 Å². The minimum Gasteiger partial charge on any atom is -0.546 e. The number of hydrogen-bond donors (Lipinski definition) is 1. The Morgan fingerprint density at radius 3 is 2.50 bits per heavy atom. The van der Waals surface area contributed by atoms with Gasteiger partial charge in [0, 0.05) is 5.56 Å². The number of carboxylic acid groups (broad SMARTS) is 1. The summed E-state index contributed by atoms with van der Waals surface area (Å²) in [6, 6.07) is 14.4. The zero-order chi connectivity index (χ0) is 20.4. The van der Waals surface area contributed by atoms with Gasteiger partial charge in [0.15, 0.2) is 6.61 Å². The molecule has 0 radical (unpaired) electrons. The fourth-order valence-corrected chi connectivity index (χ4v) is 2.34. The van der Waals surface area contributed by atoms with E-state index in [9.17, 15) is 14.7 Å². The van der Waals surface area contributed by atoms with E-state index in [0.29, 0.717) is 23.0 Å². The van der Waals surface area contributed by atoms with Crippen LogP contribution in [0.2, 0.25) is 0 Å². The lowest BCUT2D eigenvalue weighted by Crippen LogP contribution is -2.29. The zero-order valence-corrected chi connectivity index (χ0v) is 15.9. The Bertz CT molecular complexity index is 818. The molecule has 0 aliphatic carbocycles. The molecule has 28 heavy (non-hydrogen) atoms. The molecule has 0 unspecified atom stereocenters. The largest absolute Gasteiger partial charge is 0.546 e. The number of rotatable bonds is 10. The third kappa shape index (κ3) is 6.75. The lowest BCUT2D eigenvalue weighted by Gasteiger charge is -2.10. The number of nitrogens with one attached hydrogen (secondary N) is 1. The molecule has 0 aromatic heterocycles. The molecule has 148 valence electrons. The lowest BCUT2D eigenvalue weighted by atomic mass is 9.99. The van der Waals surface area contributed by atoms with Crippen LogP contribution in [-0.2, 0) is 9.59 Å². The van der Waals surface area contributed by atoms with Crippen molar-refractivity contribution in [3.63, 3.8) is 0 Å². The van der Waals surface area contributed by atoms with Gasteiger partial charge in [0.25, 0.3) is 5.91 Å². The van der Waals surface area contributed by atoms with Gasteiger partial charge in [-0.25, -0.2) is 5.43 Å². The first kappa shape index (κ1) is 21.0. The Hall–Kier alpha value is -3.35. The van der Waals surface area contributed by atoms with Crippen molar-refractivity contribution >= 4 is 18.1 Å². The molecule has 7 nitrogen and oxygen atoms in total. The van der Waals surface area contributed by atoms with E-state index in [0.717, 1.165) is 6.42 Å². The summed E-state index contributed by atoms with van der Waals surface area (Å²) >= 11 is 0. The van der Waals surface area contributed by atoms with Gasteiger partial charge in [-0.1, -0.05) is 38.1 Å². The smallest absolute Gasteiger partial charge is 0.277 e. The fraction of sp³-hybridized carbons (Fsp3) is 0.286. The number of para-hydroxylation sites is 1. The maximum atomic E-state index is 11.9. The normalized spacial score (nSPS) is 11.8. The van der Waals surface area contributed by atoms with Crippen molar-refractivity contribution < 1.29 is 24.2 Å². The standard InChI is InChI=1S/C21H24N2O5/c1-3-15(2)16-8-10-18(11-9-16)27-13-20(24)23-22-12-17-6-4-5-7-19(17)28-14-21(25)26/h4-12,15H,3,13-14H2,1-2H3,(H,23,24)(H,25,26)/p-1/b22-12+/t15-/m1/s1. The molecule has 0 saturated heterocycles. The third-order valence-corrected chi connectivity index (χ3v) is 4.09. The minimum absolute atomic E-state index is 0.178. The molecule has 0 aliphatic rings. The van der Waals surface area contributed by atoms with Crippen LogP contribution in [0.5, 0.6) is 11.5 Å². The van der Waals surface area contributed by atoms with Gasteiger partial charge in [0.2, 0.25) is 0 Å². The highest BCUT2D eigenvalue weighted by atomic mass is 16.5. The summed E-state index contributed by atoms with van der Waals surface area (Å²) in [5.74, 6) is -0.343. The number of amides is 1. The van der Waals surface area contributed by atoms with Gasteiger partial charge in [0.05, 0.1) is 12.2 Å². The fourth-order valence-electron chi connectivity index (χ4n) is 2.34. The first-order valence-electron chi connectivity index (χ1n) is 8.96. The molecule has 0 bridgehead atoms. The van der Waals surface area contributed by atoms with E-state index < -0.39 is 18.5 Å². The van der Waals surface area contributed by atoms with E-state index in [2.05, 4.69) is 24.4 Å². The van der Waals surface area contributed by atoms with E-state index in [1.807, 2.05) is 24.3 Å². The molecule has 0 spiro atoms. The van der Waals surface area contributed by atoms with E-state index in [-0.39, 0.29) is 6.61 Å². The molecule has 0 saturated carbocycles. The highest BCUT2D eigenvalue weighted by Crippen LogP contribution is 2.21. The average molecular weight is 383 g/mol. The molecule has 1 atom stereocenters. The third-order valence-electron chi connectivity index (χ3n) is 4.09. The number of carbonyl (C=O) groups excluding carboxylic acids is 2. The van der Waals surface area contributed by atoms with Gasteiger partial charge < -0.3 is 19.4 Å². The van der Waals surface area contributed by atoms with Gasteiger partial charge in [-0.05, 0) is 42.2 Å². The SMILES string of the molecule is CC[C@@H](C)c1ccc(OCC(=O)N/N=C/c2ccccc2OCC(=O)[O-])cc1. The first-order chi connectivity index (χ1) is 13.5. The van der Waals surface area contributed by atoms with Gasteiger partial charge in [0.1, 0.15) is 18.1 Å². The van der Waals surface area contributed by atoms with Crippen LogP contribution in [0.1, 0.15) is 37.3 Å². The highest BCUT2D eigenvalue weighted by Gasteiger charge is 2.05. The van der Waals surface area contributed by atoms with E-state index in [1.54, 1.807) is 24.3 Å². The number of hydrogen-bond acceptors (Lipinski definition) is 6. The van der Waals surface area contributed by atoms with Crippen molar-refractivity contribution in [1.82, 2.24) is 5.43 Å². The molecule has 0 fully saturated rings. The summed E-state index contributed by atoms with van der Waals surface area (Å²) in [6.07, 6.45) is 2.42. The van der Waals surface area contributed by atoms with Crippen molar-refractivity contribution in [3.05, 3.63) is 59.7 Å². The van der Waals surface area contributed by atoms with Gasteiger partial charge in [-0.3, -0.25) is 4.79 Å². The second-order valence-corrected chi connectivity index (χ2v) is 6.16. The number of hydrazone groups is 1. The Morgan fingerprint density at radius 2 is 1.82 bits per heavy atom. The van der Waals surface area contributed by atoms with Crippen LogP contribution in [0.25, 0.3) is 0 Å². The Kier molecular flexibility index (Phi) is 8.02. The highest BCUT2D eigenvalue weighted by molar-refractivity contribution is 5.85. The molecule has 2 rings (SSSR count). The molecular weight excluding hydrogens is 360 g/mol. The van der Waals surface area contributed by atoms with Crippen LogP contribution >= 0.6 is 0 Å². The minimum atomic E-state index is -1.32. The predicted molar refractivity (Wildman–Crippen MR) is 103 cm³/mol. The molecule has 0 aliphatic heterocycles. The maximum absolute atomic E-state index is 11.9. The Labute approximate surface area is 164 Å². The summed E-state index contributed by atoms with van der Waals surface area (Å²) < 4.78 is 10.5. The van der Waals surface area contributed by atoms with Crippen LogP contribution in [0, 0.1) is 0 Å². The number of benzene rings is 2. The lowest BCUT2D eigenvalue weighted by molar-refractivity contribution is -0.307. The van der Waals surface area contributed by atoms with Crippen LogP contribution < -0.4 is 20.0 Å². The first-order valence-corrected chi connectivity index (χ1v) is 8.96. The molecule has 1 amide bonds.